The first-order valence-electron chi connectivity index (χ1n) is 8.85. The van der Waals surface area contributed by atoms with Gasteiger partial charge in [-0.25, -0.2) is 4.98 Å². The van der Waals surface area contributed by atoms with Gasteiger partial charge in [0.1, 0.15) is 0 Å². The third kappa shape index (κ3) is 3.64. The van der Waals surface area contributed by atoms with Crippen LogP contribution in [0.4, 0.5) is 0 Å². The van der Waals surface area contributed by atoms with Crippen molar-refractivity contribution < 1.29 is 9.47 Å². The molecule has 0 saturated heterocycles. The highest BCUT2D eigenvalue weighted by Crippen LogP contribution is 2.28. The topological polar surface area (TPSA) is 61.5 Å². The van der Waals surface area contributed by atoms with E-state index < -0.39 is 0 Å². The van der Waals surface area contributed by atoms with E-state index in [4.69, 9.17) is 21.1 Å². The molecule has 0 fully saturated rings. The SMILES string of the molecule is COc1ccc(CCc2nc3nccc(-c4ccc(Cl)cc4)n3n2)cc1OC. The van der Waals surface area contributed by atoms with E-state index in [1.165, 1.54) is 0 Å². The molecule has 2 aromatic carbocycles. The molecule has 0 radical (unpaired) electrons. The van der Waals surface area contributed by atoms with E-state index in [1.807, 2.05) is 48.5 Å². The van der Waals surface area contributed by atoms with E-state index in [0.29, 0.717) is 23.0 Å². The third-order valence-corrected chi connectivity index (χ3v) is 4.76. The molecule has 2 heterocycles. The minimum Gasteiger partial charge on any atom is -0.493 e. The molecule has 0 aliphatic heterocycles. The fourth-order valence-electron chi connectivity index (χ4n) is 3.07. The van der Waals surface area contributed by atoms with Gasteiger partial charge < -0.3 is 9.47 Å². The van der Waals surface area contributed by atoms with Gasteiger partial charge in [-0.1, -0.05) is 29.8 Å². The monoisotopic (exact) mass is 394 g/mol. The molecule has 28 heavy (non-hydrogen) atoms. The van der Waals surface area contributed by atoms with Crippen LogP contribution in [0.25, 0.3) is 17.0 Å². The summed E-state index contributed by atoms with van der Waals surface area (Å²) < 4.78 is 12.4. The van der Waals surface area contributed by atoms with Crippen LogP contribution in [0.3, 0.4) is 0 Å². The number of rotatable bonds is 6. The zero-order valence-corrected chi connectivity index (χ0v) is 16.3. The van der Waals surface area contributed by atoms with Gasteiger partial charge in [0.2, 0.25) is 0 Å². The molecule has 0 amide bonds. The minimum absolute atomic E-state index is 0.578. The number of hydrogen-bond donors (Lipinski definition) is 0. The van der Waals surface area contributed by atoms with Crippen LogP contribution in [-0.2, 0) is 12.8 Å². The van der Waals surface area contributed by atoms with Gasteiger partial charge in [-0.15, -0.1) is 5.10 Å². The number of ether oxygens (including phenoxy) is 2. The number of fused-ring (bicyclic) bond motifs is 1. The molecule has 2 aromatic heterocycles. The molecule has 0 bridgehead atoms. The standard InChI is InChI=1S/C21H19ClN4O2/c1-27-18-9-3-14(13-19(18)28-2)4-10-20-24-21-23-12-11-17(26(21)25-20)15-5-7-16(22)8-6-15/h3,5-9,11-13H,4,10H2,1-2H3. The fraction of sp³-hybridized carbons (Fsp3) is 0.190. The molecule has 142 valence electrons. The zero-order valence-electron chi connectivity index (χ0n) is 15.6. The summed E-state index contributed by atoms with van der Waals surface area (Å²) in [6.07, 6.45) is 3.22. The Morgan fingerprint density at radius 2 is 1.71 bits per heavy atom. The quantitative estimate of drug-likeness (QED) is 0.489. The number of hydrogen-bond acceptors (Lipinski definition) is 5. The molecule has 0 N–H and O–H groups in total. The fourth-order valence-corrected chi connectivity index (χ4v) is 3.20. The van der Waals surface area contributed by atoms with Crippen molar-refractivity contribution in [1.29, 1.82) is 0 Å². The number of aromatic nitrogens is 4. The second-order valence-electron chi connectivity index (χ2n) is 6.27. The number of halogens is 1. The summed E-state index contributed by atoms with van der Waals surface area (Å²) in [4.78, 5) is 8.90. The van der Waals surface area contributed by atoms with Crippen molar-refractivity contribution in [1.82, 2.24) is 19.6 Å². The number of nitrogens with zero attached hydrogens (tertiary/aromatic N) is 4. The first kappa shape index (κ1) is 18.3. The molecule has 4 rings (SSSR count). The van der Waals surface area contributed by atoms with Crippen molar-refractivity contribution >= 4 is 17.4 Å². The van der Waals surface area contributed by atoms with Gasteiger partial charge in [0, 0.05) is 23.2 Å². The lowest BCUT2D eigenvalue weighted by molar-refractivity contribution is 0.354. The highest BCUT2D eigenvalue weighted by atomic mass is 35.5. The molecule has 0 saturated carbocycles. The molecule has 7 heteroatoms. The number of methoxy groups -OCH3 is 2. The summed E-state index contributed by atoms with van der Waals surface area (Å²) in [6.45, 7) is 0. The van der Waals surface area contributed by atoms with Gasteiger partial charge in [-0.3, -0.25) is 0 Å². The van der Waals surface area contributed by atoms with Crippen LogP contribution < -0.4 is 9.47 Å². The first-order chi connectivity index (χ1) is 13.7. The van der Waals surface area contributed by atoms with Crippen LogP contribution in [0.15, 0.2) is 54.7 Å². The molecular weight excluding hydrogens is 376 g/mol. The van der Waals surface area contributed by atoms with E-state index in [9.17, 15) is 0 Å². The van der Waals surface area contributed by atoms with Gasteiger partial charge in [-0.05, 0) is 42.3 Å². The molecule has 0 aliphatic carbocycles. The number of aryl methyl sites for hydroxylation is 2. The molecule has 0 atom stereocenters. The predicted octanol–water partition coefficient (Wildman–Crippen LogP) is 4.25. The lowest BCUT2D eigenvalue weighted by Crippen LogP contribution is -1.98. The van der Waals surface area contributed by atoms with Crippen LogP contribution in [-0.4, -0.2) is 33.8 Å². The van der Waals surface area contributed by atoms with E-state index in [2.05, 4.69) is 15.1 Å². The summed E-state index contributed by atoms with van der Waals surface area (Å²) in [7, 11) is 3.26. The van der Waals surface area contributed by atoms with Crippen molar-refractivity contribution in [3.8, 4) is 22.8 Å². The highest BCUT2D eigenvalue weighted by Gasteiger charge is 2.11. The summed E-state index contributed by atoms with van der Waals surface area (Å²) in [6, 6.07) is 15.5. The van der Waals surface area contributed by atoms with Gasteiger partial charge >= 0.3 is 0 Å². The predicted molar refractivity (Wildman–Crippen MR) is 108 cm³/mol. The lowest BCUT2D eigenvalue weighted by atomic mass is 10.1. The van der Waals surface area contributed by atoms with Crippen LogP contribution >= 0.6 is 11.6 Å². The maximum absolute atomic E-state index is 6.00. The van der Waals surface area contributed by atoms with E-state index in [1.54, 1.807) is 24.9 Å². The molecule has 0 spiro atoms. The second-order valence-corrected chi connectivity index (χ2v) is 6.70. The van der Waals surface area contributed by atoms with Crippen molar-refractivity contribution in [3.63, 3.8) is 0 Å². The largest absolute Gasteiger partial charge is 0.493 e. The van der Waals surface area contributed by atoms with E-state index >= 15 is 0 Å². The smallest absolute Gasteiger partial charge is 0.252 e. The Hall–Kier alpha value is -3.12. The highest BCUT2D eigenvalue weighted by molar-refractivity contribution is 6.30. The molecule has 4 aromatic rings. The summed E-state index contributed by atoms with van der Waals surface area (Å²) >= 11 is 6.00. The summed E-state index contributed by atoms with van der Waals surface area (Å²) in [5, 5.41) is 5.35. The van der Waals surface area contributed by atoms with Crippen LogP contribution in [0.2, 0.25) is 5.02 Å². The molecule has 0 aliphatic rings. The van der Waals surface area contributed by atoms with Crippen molar-refractivity contribution in [2.75, 3.05) is 14.2 Å². The molecule has 6 nitrogen and oxygen atoms in total. The van der Waals surface area contributed by atoms with Crippen LogP contribution in [0.5, 0.6) is 11.5 Å². The maximum atomic E-state index is 6.00. The van der Waals surface area contributed by atoms with Gasteiger partial charge in [0.15, 0.2) is 17.3 Å². The van der Waals surface area contributed by atoms with E-state index in [-0.39, 0.29) is 0 Å². The van der Waals surface area contributed by atoms with Crippen molar-refractivity contribution in [3.05, 3.63) is 71.1 Å². The van der Waals surface area contributed by atoms with E-state index in [0.717, 1.165) is 34.8 Å². The normalized spacial score (nSPS) is 11.0. The maximum Gasteiger partial charge on any atom is 0.252 e. The van der Waals surface area contributed by atoms with Crippen LogP contribution in [0.1, 0.15) is 11.4 Å². The Morgan fingerprint density at radius 3 is 2.46 bits per heavy atom. The van der Waals surface area contributed by atoms with Crippen molar-refractivity contribution in [2.45, 2.75) is 12.8 Å². The summed E-state index contributed by atoms with van der Waals surface area (Å²) in [5.41, 5.74) is 3.06. The minimum atomic E-state index is 0.578. The third-order valence-electron chi connectivity index (χ3n) is 4.51. The van der Waals surface area contributed by atoms with Crippen molar-refractivity contribution in [2.24, 2.45) is 0 Å². The van der Waals surface area contributed by atoms with Gasteiger partial charge in [0.25, 0.3) is 5.78 Å². The van der Waals surface area contributed by atoms with Gasteiger partial charge in [0.05, 0.1) is 19.9 Å². The molecule has 0 unspecified atom stereocenters. The van der Waals surface area contributed by atoms with Gasteiger partial charge in [-0.2, -0.15) is 9.50 Å². The lowest BCUT2D eigenvalue weighted by Gasteiger charge is -2.08. The average molecular weight is 395 g/mol. The summed E-state index contributed by atoms with van der Waals surface area (Å²) in [5.74, 6) is 2.75. The Bertz CT molecular complexity index is 1110. The Morgan fingerprint density at radius 1 is 0.929 bits per heavy atom. The first-order valence-corrected chi connectivity index (χ1v) is 9.23. The Kier molecular flexibility index (Phi) is 5.12. The second kappa shape index (κ2) is 7.86. The Balaban J connectivity index is 1.59. The average Bonchev–Trinajstić information content (AvgIpc) is 3.16. The molecular formula is C21H19ClN4O2. The number of benzene rings is 2. The zero-order chi connectivity index (χ0) is 19.5. The Labute approximate surface area is 167 Å². The van der Waals surface area contributed by atoms with Crippen LogP contribution in [0, 0.1) is 0 Å².